The summed E-state index contributed by atoms with van der Waals surface area (Å²) < 4.78 is 10.5. The summed E-state index contributed by atoms with van der Waals surface area (Å²) in [6.45, 7) is 3.03. The summed E-state index contributed by atoms with van der Waals surface area (Å²) >= 11 is 0. The van der Waals surface area contributed by atoms with Crippen LogP contribution in [0.15, 0.2) is 36.7 Å². The van der Waals surface area contributed by atoms with Crippen LogP contribution in [-0.2, 0) is 9.47 Å². The van der Waals surface area contributed by atoms with Crippen molar-refractivity contribution in [3.8, 4) is 11.3 Å². The van der Waals surface area contributed by atoms with Gasteiger partial charge in [0.1, 0.15) is 11.9 Å². The standard InChI is InChI=1S/C18H18N4O3/c1-11-6-12(2-4-19-11)15-7-13-9-20-17(8-16(13)21-15)22-18(23)25-14-3-5-24-10-14/h2,4,6-9,14,21H,3,5,10H2,1H3,(H,20,22,23)/t14-/m0/s1. The van der Waals surface area contributed by atoms with Crippen molar-refractivity contribution in [2.24, 2.45) is 0 Å². The molecule has 4 heterocycles. The van der Waals surface area contributed by atoms with Crippen LogP contribution >= 0.6 is 0 Å². The molecule has 1 aliphatic heterocycles. The molecule has 1 amide bonds. The summed E-state index contributed by atoms with van der Waals surface area (Å²) in [6, 6.07) is 7.78. The third-order valence-electron chi connectivity index (χ3n) is 4.10. The highest BCUT2D eigenvalue weighted by atomic mass is 16.6. The summed E-state index contributed by atoms with van der Waals surface area (Å²) in [7, 11) is 0. The molecule has 1 atom stereocenters. The average molecular weight is 338 g/mol. The minimum atomic E-state index is -0.515. The van der Waals surface area contributed by atoms with Crippen molar-refractivity contribution in [3.63, 3.8) is 0 Å². The van der Waals surface area contributed by atoms with Crippen LogP contribution in [0, 0.1) is 6.92 Å². The number of ether oxygens (including phenoxy) is 2. The second-order valence-corrected chi connectivity index (χ2v) is 6.04. The molecule has 0 unspecified atom stereocenters. The van der Waals surface area contributed by atoms with Crippen molar-refractivity contribution < 1.29 is 14.3 Å². The van der Waals surface area contributed by atoms with Gasteiger partial charge in [0.05, 0.1) is 18.7 Å². The first-order valence-corrected chi connectivity index (χ1v) is 8.14. The van der Waals surface area contributed by atoms with E-state index in [1.165, 1.54) is 0 Å². The molecule has 1 aliphatic rings. The molecule has 0 radical (unpaired) electrons. The van der Waals surface area contributed by atoms with Gasteiger partial charge in [0.15, 0.2) is 0 Å². The zero-order valence-corrected chi connectivity index (χ0v) is 13.8. The molecule has 128 valence electrons. The third kappa shape index (κ3) is 3.46. The van der Waals surface area contributed by atoms with Gasteiger partial charge >= 0.3 is 6.09 Å². The predicted molar refractivity (Wildman–Crippen MR) is 93.4 cm³/mol. The van der Waals surface area contributed by atoms with Crippen molar-refractivity contribution in [2.45, 2.75) is 19.4 Å². The van der Waals surface area contributed by atoms with Gasteiger partial charge in [-0.25, -0.2) is 9.78 Å². The summed E-state index contributed by atoms with van der Waals surface area (Å²) in [4.78, 5) is 23.8. The van der Waals surface area contributed by atoms with Gasteiger partial charge in [0.25, 0.3) is 0 Å². The number of pyridine rings is 2. The first-order valence-electron chi connectivity index (χ1n) is 8.14. The van der Waals surface area contributed by atoms with Crippen LogP contribution in [0.25, 0.3) is 22.2 Å². The molecular weight excluding hydrogens is 320 g/mol. The van der Waals surface area contributed by atoms with Crippen LogP contribution in [-0.4, -0.2) is 40.4 Å². The van der Waals surface area contributed by atoms with E-state index >= 15 is 0 Å². The fourth-order valence-corrected chi connectivity index (χ4v) is 2.85. The number of nitrogens with one attached hydrogen (secondary N) is 2. The number of hydrogen-bond acceptors (Lipinski definition) is 5. The zero-order chi connectivity index (χ0) is 17.2. The number of aromatic amines is 1. The summed E-state index contributed by atoms with van der Waals surface area (Å²) in [6.07, 6.45) is 3.53. The lowest BCUT2D eigenvalue weighted by Gasteiger charge is -2.10. The Morgan fingerprint density at radius 1 is 1.36 bits per heavy atom. The minimum Gasteiger partial charge on any atom is -0.443 e. The first-order chi connectivity index (χ1) is 12.2. The van der Waals surface area contributed by atoms with E-state index in [1.807, 2.05) is 25.1 Å². The van der Waals surface area contributed by atoms with Crippen LogP contribution in [0.3, 0.4) is 0 Å². The van der Waals surface area contributed by atoms with E-state index in [4.69, 9.17) is 9.47 Å². The molecule has 0 bridgehead atoms. The van der Waals surface area contributed by atoms with Gasteiger partial charge in [-0.05, 0) is 25.1 Å². The van der Waals surface area contributed by atoms with Gasteiger partial charge in [0.2, 0.25) is 0 Å². The van der Waals surface area contributed by atoms with Crippen LogP contribution in [0.2, 0.25) is 0 Å². The highest BCUT2D eigenvalue weighted by Crippen LogP contribution is 2.25. The Morgan fingerprint density at radius 3 is 3.08 bits per heavy atom. The maximum Gasteiger partial charge on any atom is 0.413 e. The molecule has 4 rings (SSSR count). The normalized spacial score (nSPS) is 16.9. The van der Waals surface area contributed by atoms with Crippen LogP contribution in [0.1, 0.15) is 12.1 Å². The molecule has 1 saturated heterocycles. The number of H-pyrrole nitrogens is 1. The van der Waals surface area contributed by atoms with E-state index in [0.717, 1.165) is 34.3 Å². The molecule has 1 fully saturated rings. The second kappa shape index (κ2) is 6.52. The maximum atomic E-state index is 11.9. The topological polar surface area (TPSA) is 89.1 Å². The zero-order valence-electron chi connectivity index (χ0n) is 13.8. The number of anilines is 1. The maximum absolute atomic E-state index is 11.9. The third-order valence-corrected chi connectivity index (χ3v) is 4.10. The smallest absolute Gasteiger partial charge is 0.413 e. The van der Waals surface area contributed by atoms with E-state index in [1.54, 1.807) is 18.5 Å². The Hall–Kier alpha value is -2.93. The van der Waals surface area contributed by atoms with Crippen molar-refractivity contribution in [3.05, 3.63) is 42.4 Å². The highest BCUT2D eigenvalue weighted by Gasteiger charge is 2.20. The van der Waals surface area contributed by atoms with E-state index in [0.29, 0.717) is 19.0 Å². The van der Waals surface area contributed by atoms with Crippen molar-refractivity contribution in [1.29, 1.82) is 0 Å². The van der Waals surface area contributed by atoms with Gasteiger partial charge in [-0.2, -0.15) is 0 Å². The first kappa shape index (κ1) is 15.6. The van der Waals surface area contributed by atoms with E-state index in [-0.39, 0.29) is 6.10 Å². The second-order valence-electron chi connectivity index (χ2n) is 6.04. The number of aryl methyl sites for hydroxylation is 1. The fourth-order valence-electron chi connectivity index (χ4n) is 2.85. The molecule has 3 aromatic rings. The van der Waals surface area contributed by atoms with Crippen molar-refractivity contribution in [2.75, 3.05) is 18.5 Å². The molecular formula is C18H18N4O3. The molecule has 25 heavy (non-hydrogen) atoms. The Balaban J connectivity index is 1.52. The minimum absolute atomic E-state index is 0.184. The summed E-state index contributed by atoms with van der Waals surface area (Å²) in [5, 5.41) is 3.63. The molecule has 7 nitrogen and oxygen atoms in total. The number of carbonyl (C=O) groups is 1. The lowest BCUT2D eigenvalue weighted by atomic mass is 10.2. The Morgan fingerprint density at radius 2 is 2.28 bits per heavy atom. The molecule has 0 spiro atoms. The largest absolute Gasteiger partial charge is 0.443 e. The fraction of sp³-hybridized carbons (Fsp3) is 0.278. The summed E-state index contributed by atoms with van der Waals surface area (Å²) in [5.74, 6) is 0.440. The monoisotopic (exact) mass is 338 g/mol. The number of fused-ring (bicyclic) bond motifs is 1. The van der Waals surface area contributed by atoms with Crippen LogP contribution in [0.5, 0.6) is 0 Å². The van der Waals surface area contributed by atoms with Gasteiger partial charge in [-0.3, -0.25) is 10.3 Å². The Kier molecular flexibility index (Phi) is 4.07. The number of nitrogens with zero attached hydrogens (tertiary/aromatic N) is 2. The molecule has 3 aromatic heterocycles. The molecule has 7 heteroatoms. The van der Waals surface area contributed by atoms with E-state index < -0.39 is 6.09 Å². The number of amides is 1. The highest BCUT2D eigenvalue weighted by molar-refractivity contribution is 5.90. The number of carbonyl (C=O) groups excluding carboxylic acids is 1. The molecule has 2 N–H and O–H groups in total. The molecule has 0 saturated carbocycles. The number of hydrogen-bond donors (Lipinski definition) is 2. The van der Waals surface area contributed by atoms with Crippen molar-refractivity contribution >= 4 is 22.8 Å². The number of aromatic nitrogens is 3. The van der Waals surface area contributed by atoms with Gasteiger partial charge in [0, 0.05) is 47.2 Å². The predicted octanol–water partition coefficient (Wildman–Crippen LogP) is 3.27. The van der Waals surface area contributed by atoms with Gasteiger partial charge < -0.3 is 14.5 Å². The molecule has 0 aliphatic carbocycles. The Labute approximate surface area is 144 Å². The van der Waals surface area contributed by atoms with Crippen molar-refractivity contribution in [1.82, 2.24) is 15.0 Å². The van der Waals surface area contributed by atoms with Crippen LogP contribution < -0.4 is 5.32 Å². The average Bonchev–Trinajstić information content (AvgIpc) is 3.23. The summed E-state index contributed by atoms with van der Waals surface area (Å²) in [5.41, 5.74) is 3.87. The Bertz CT molecular complexity index is 916. The van der Waals surface area contributed by atoms with Gasteiger partial charge in [-0.15, -0.1) is 0 Å². The lowest BCUT2D eigenvalue weighted by Crippen LogP contribution is -2.22. The van der Waals surface area contributed by atoms with E-state index in [2.05, 4.69) is 20.3 Å². The number of rotatable bonds is 3. The molecule has 0 aromatic carbocycles. The van der Waals surface area contributed by atoms with E-state index in [9.17, 15) is 4.79 Å². The lowest BCUT2D eigenvalue weighted by molar-refractivity contribution is 0.0931. The SMILES string of the molecule is Cc1cc(-c2cc3cnc(NC(=O)O[C@H]4CCOC4)cc3[nH]2)ccn1. The quantitative estimate of drug-likeness (QED) is 0.765. The van der Waals surface area contributed by atoms with Gasteiger partial charge in [-0.1, -0.05) is 0 Å². The van der Waals surface area contributed by atoms with Crippen LogP contribution in [0.4, 0.5) is 10.6 Å².